The summed E-state index contributed by atoms with van der Waals surface area (Å²) in [6.07, 6.45) is -1.96. The van der Waals surface area contributed by atoms with E-state index in [2.05, 4.69) is 20.9 Å². The van der Waals surface area contributed by atoms with Gasteiger partial charge in [0.2, 0.25) is 0 Å². The lowest BCUT2D eigenvalue weighted by molar-refractivity contribution is -0.0230. The fourth-order valence-electron chi connectivity index (χ4n) is 1.77. The second-order valence-electron chi connectivity index (χ2n) is 3.64. The minimum Gasteiger partial charge on any atom is -0.394 e. The van der Waals surface area contributed by atoms with E-state index in [9.17, 15) is 10.2 Å². The van der Waals surface area contributed by atoms with Gasteiger partial charge in [0, 0.05) is 11.8 Å². The SMILES string of the molecule is OC[C@H]1OC(c2cccnc2Br)[C@H](O)[C@@H]1O. The molecule has 1 aromatic heterocycles. The molecular weight excluding hydrogens is 278 g/mol. The third kappa shape index (κ3) is 1.99. The standard InChI is InChI=1S/C10H12BrNO4/c11-10-5(2-1-3-12-10)9-8(15)7(14)6(4-13)16-9/h1-3,6-9,13-15H,4H2/t6-,7-,8-,9?/m1/s1. The minimum absolute atomic E-state index is 0.327. The number of ether oxygens (including phenoxy) is 1. The summed E-state index contributed by atoms with van der Waals surface area (Å²) in [7, 11) is 0. The molecule has 1 aliphatic rings. The molecule has 2 rings (SSSR count). The van der Waals surface area contributed by atoms with Gasteiger partial charge in [-0.15, -0.1) is 0 Å². The Balaban J connectivity index is 2.26. The molecule has 3 N–H and O–H groups in total. The zero-order valence-electron chi connectivity index (χ0n) is 8.32. The van der Waals surface area contributed by atoms with Crippen molar-refractivity contribution >= 4 is 15.9 Å². The van der Waals surface area contributed by atoms with Crippen LogP contribution >= 0.6 is 15.9 Å². The van der Waals surface area contributed by atoms with Crippen molar-refractivity contribution in [1.82, 2.24) is 4.98 Å². The number of aliphatic hydroxyl groups excluding tert-OH is 3. The first-order valence-corrected chi connectivity index (χ1v) is 5.67. The van der Waals surface area contributed by atoms with Crippen molar-refractivity contribution in [2.45, 2.75) is 24.4 Å². The number of halogens is 1. The summed E-state index contributed by atoms with van der Waals surface area (Å²) in [4.78, 5) is 4.02. The highest BCUT2D eigenvalue weighted by Crippen LogP contribution is 2.35. The third-order valence-electron chi connectivity index (χ3n) is 2.64. The molecule has 1 unspecified atom stereocenters. The van der Waals surface area contributed by atoms with E-state index in [-0.39, 0.29) is 6.61 Å². The summed E-state index contributed by atoms with van der Waals surface area (Å²) in [6.45, 7) is -0.327. The zero-order chi connectivity index (χ0) is 11.7. The highest BCUT2D eigenvalue weighted by molar-refractivity contribution is 9.10. The van der Waals surface area contributed by atoms with Gasteiger partial charge in [-0.25, -0.2) is 4.98 Å². The lowest BCUT2D eigenvalue weighted by Gasteiger charge is -2.15. The first-order valence-electron chi connectivity index (χ1n) is 4.88. The Labute approximate surface area is 101 Å². The second-order valence-corrected chi connectivity index (χ2v) is 4.39. The van der Waals surface area contributed by atoms with Gasteiger partial charge in [-0.2, -0.15) is 0 Å². The van der Waals surface area contributed by atoms with Gasteiger partial charge in [-0.1, -0.05) is 6.07 Å². The number of hydrogen-bond donors (Lipinski definition) is 3. The zero-order valence-corrected chi connectivity index (χ0v) is 9.91. The van der Waals surface area contributed by atoms with E-state index < -0.39 is 24.4 Å². The van der Waals surface area contributed by atoms with Crippen molar-refractivity contribution in [1.29, 1.82) is 0 Å². The minimum atomic E-state index is -1.08. The molecule has 1 saturated heterocycles. The predicted molar refractivity (Wildman–Crippen MR) is 58.7 cm³/mol. The van der Waals surface area contributed by atoms with Gasteiger partial charge >= 0.3 is 0 Å². The van der Waals surface area contributed by atoms with Crippen LogP contribution in [-0.4, -0.2) is 45.2 Å². The Kier molecular flexibility index (Phi) is 3.56. The maximum Gasteiger partial charge on any atom is 0.114 e. The van der Waals surface area contributed by atoms with E-state index in [1.165, 1.54) is 0 Å². The first kappa shape index (κ1) is 11.9. The summed E-state index contributed by atoms with van der Waals surface area (Å²) in [5.41, 5.74) is 0.657. The molecule has 4 atom stereocenters. The van der Waals surface area contributed by atoms with Crippen molar-refractivity contribution in [3.8, 4) is 0 Å². The molecule has 0 aliphatic carbocycles. The molecule has 16 heavy (non-hydrogen) atoms. The topological polar surface area (TPSA) is 82.8 Å². The number of aliphatic hydroxyl groups is 3. The van der Waals surface area contributed by atoms with Gasteiger partial charge < -0.3 is 20.1 Å². The summed E-state index contributed by atoms with van der Waals surface area (Å²) >= 11 is 3.25. The van der Waals surface area contributed by atoms with Crippen LogP contribution in [0.15, 0.2) is 22.9 Å². The summed E-state index contributed by atoms with van der Waals surface area (Å²) in [5.74, 6) is 0. The molecule has 88 valence electrons. The van der Waals surface area contributed by atoms with E-state index in [4.69, 9.17) is 9.84 Å². The molecule has 2 heterocycles. The van der Waals surface area contributed by atoms with Crippen LogP contribution in [0.4, 0.5) is 0 Å². The number of rotatable bonds is 2. The van der Waals surface area contributed by atoms with Gasteiger partial charge in [-0.3, -0.25) is 0 Å². The van der Waals surface area contributed by atoms with Crippen LogP contribution in [-0.2, 0) is 4.74 Å². The number of hydrogen-bond acceptors (Lipinski definition) is 5. The van der Waals surface area contributed by atoms with Crippen molar-refractivity contribution in [2.24, 2.45) is 0 Å². The van der Waals surface area contributed by atoms with E-state index >= 15 is 0 Å². The fraction of sp³-hybridized carbons (Fsp3) is 0.500. The Morgan fingerprint density at radius 3 is 2.69 bits per heavy atom. The van der Waals surface area contributed by atoms with Gasteiger partial charge in [0.05, 0.1) is 6.61 Å². The van der Waals surface area contributed by atoms with Crippen LogP contribution in [0.25, 0.3) is 0 Å². The van der Waals surface area contributed by atoms with Crippen LogP contribution in [0, 0.1) is 0 Å². The molecule has 0 aromatic carbocycles. The molecule has 1 aliphatic heterocycles. The molecule has 6 heteroatoms. The average molecular weight is 290 g/mol. The third-order valence-corrected chi connectivity index (χ3v) is 3.30. The van der Waals surface area contributed by atoms with Gasteiger partial charge in [-0.05, 0) is 22.0 Å². The molecular formula is C10H12BrNO4. The lowest BCUT2D eigenvalue weighted by Crippen LogP contribution is -2.32. The Bertz CT molecular complexity index is 376. The Morgan fingerprint density at radius 1 is 1.38 bits per heavy atom. The molecule has 1 fully saturated rings. The summed E-state index contributed by atoms with van der Waals surface area (Å²) in [6, 6.07) is 3.46. The number of pyridine rings is 1. The van der Waals surface area contributed by atoms with Gasteiger partial charge in [0.1, 0.15) is 29.0 Å². The van der Waals surface area contributed by atoms with E-state index in [0.717, 1.165) is 0 Å². The highest BCUT2D eigenvalue weighted by Gasteiger charge is 2.43. The quantitative estimate of drug-likeness (QED) is 0.668. The van der Waals surface area contributed by atoms with Crippen LogP contribution in [0.1, 0.15) is 11.7 Å². The van der Waals surface area contributed by atoms with Crippen molar-refractivity contribution in [2.75, 3.05) is 6.61 Å². The van der Waals surface area contributed by atoms with E-state index in [0.29, 0.717) is 10.2 Å². The Morgan fingerprint density at radius 2 is 2.12 bits per heavy atom. The van der Waals surface area contributed by atoms with Crippen molar-refractivity contribution in [3.63, 3.8) is 0 Å². The normalized spacial score (nSPS) is 34.2. The van der Waals surface area contributed by atoms with Crippen LogP contribution in [0.3, 0.4) is 0 Å². The molecule has 1 aromatic rings. The van der Waals surface area contributed by atoms with Crippen LogP contribution in [0.2, 0.25) is 0 Å². The van der Waals surface area contributed by atoms with Gasteiger partial charge in [0.15, 0.2) is 0 Å². The number of nitrogens with zero attached hydrogens (tertiary/aromatic N) is 1. The molecule has 0 amide bonds. The van der Waals surface area contributed by atoms with Crippen molar-refractivity contribution in [3.05, 3.63) is 28.5 Å². The maximum atomic E-state index is 9.80. The highest BCUT2D eigenvalue weighted by atomic mass is 79.9. The van der Waals surface area contributed by atoms with Crippen molar-refractivity contribution < 1.29 is 20.1 Å². The monoisotopic (exact) mass is 289 g/mol. The summed E-state index contributed by atoms with van der Waals surface area (Å²) in [5, 5.41) is 28.4. The molecule has 0 spiro atoms. The molecule has 5 nitrogen and oxygen atoms in total. The van der Waals surface area contributed by atoms with Crippen LogP contribution < -0.4 is 0 Å². The molecule has 0 bridgehead atoms. The second kappa shape index (κ2) is 4.77. The maximum absolute atomic E-state index is 9.80. The smallest absolute Gasteiger partial charge is 0.114 e. The molecule has 0 saturated carbocycles. The predicted octanol–water partition coefficient (Wildman–Crippen LogP) is -0.00190. The number of aromatic nitrogens is 1. The first-order chi connectivity index (χ1) is 7.65. The Hall–Kier alpha value is -0.530. The average Bonchev–Trinajstić information content (AvgIpc) is 2.57. The van der Waals surface area contributed by atoms with E-state index in [1.807, 2.05) is 0 Å². The largest absolute Gasteiger partial charge is 0.394 e. The van der Waals surface area contributed by atoms with Gasteiger partial charge in [0.25, 0.3) is 0 Å². The fourth-order valence-corrected chi connectivity index (χ4v) is 2.24. The molecule has 0 radical (unpaired) electrons. The van der Waals surface area contributed by atoms with E-state index in [1.54, 1.807) is 18.3 Å². The summed E-state index contributed by atoms with van der Waals surface area (Å²) < 4.78 is 5.94. The lowest BCUT2D eigenvalue weighted by atomic mass is 10.0. The van der Waals surface area contributed by atoms with Crippen LogP contribution in [0.5, 0.6) is 0 Å².